The van der Waals surface area contributed by atoms with Crippen LogP contribution in [-0.2, 0) is 11.2 Å². The van der Waals surface area contributed by atoms with Gasteiger partial charge in [-0.3, -0.25) is 10.1 Å². The highest BCUT2D eigenvalue weighted by Gasteiger charge is 2.22. The number of hydrogen-bond acceptors (Lipinski definition) is 4. The number of phenols is 1. The summed E-state index contributed by atoms with van der Waals surface area (Å²) in [6, 6.07) is 19.6. The number of halogens is 2. The smallest absolute Gasteiger partial charge is 0.231 e. The number of oxazole rings is 1. The predicted molar refractivity (Wildman–Crippen MR) is 123 cm³/mol. The minimum absolute atomic E-state index is 0.0385. The molecule has 0 aliphatic heterocycles. The Morgan fingerprint density at radius 1 is 1.03 bits per heavy atom. The number of hydrogen-bond donors (Lipinski definition) is 2. The molecule has 1 heterocycles. The fourth-order valence-electron chi connectivity index (χ4n) is 3.17. The molecule has 0 unspecified atom stereocenters. The molecule has 31 heavy (non-hydrogen) atoms. The molecule has 7 heteroatoms. The van der Waals surface area contributed by atoms with Crippen LogP contribution in [0.4, 0.5) is 5.88 Å². The monoisotopic (exact) mass is 452 g/mol. The molecule has 4 aromatic rings. The van der Waals surface area contributed by atoms with Crippen molar-refractivity contribution in [3.63, 3.8) is 0 Å². The van der Waals surface area contributed by atoms with Crippen LogP contribution in [0.25, 0.3) is 22.7 Å². The SMILES string of the molecule is Cc1ccc(CC(=O)Nc2oc(-c3ccccc3)nc2-c2c(Cl)cccc2Cl)c(O)c1. The minimum Gasteiger partial charge on any atom is -0.508 e. The van der Waals surface area contributed by atoms with Crippen LogP contribution in [0.3, 0.4) is 0 Å². The fraction of sp³-hybridized carbons (Fsp3) is 0.0833. The van der Waals surface area contributed by atoms with Crippen LogP contribution in [0.5, 0.6) is 5.75 Å². The highest BCUT2D eigenvalue weighted by Crippen LogP contribution is 2.40. The number of aromatic hydroxyl groups is 1. The molecule has 0 saturated carbocycles. The van der Waals surface area contributed by atoms with E-state index in [2.05, 4.69) is 10.3 Å². The van der Waals surface area contributed by atoms with Gasteiger partial charge in [0, 0.05) is 16.7 Å². The van der Waals surface area contributed by atoms with Gasteiger partial charge in [-0.05, 0) is 42.8 Å². The Kier molecular flexibility index (Phi) is 5.98. The van der Waals surface area contributed by atoms with E-state index >= 15 is 0 Å². The molecule has 4 rings (SSSR count). The zero-order valence-electron chi connectivity index (χ0n) is 16.5. The maximum absolute atomic E-state index is 12.7. The van der Waals surface area contributed by atoms with E-state index in [-0.39, 0.29) is 24.0 Å². The van der Waals surface area contributed by atoms with Crippen molar-refractivity contribution in [3.8, 4) is 28.5 Å². The zero-order chi connectivity index (χ0) is 22.0. The number of amides is 1. The van der Waals surface area contributed by atoms with Gasteiger partial charge in [0.15, 0.2) is 0 Å². The van der Waals surface area contributed by atoms with Crippen molar-refractivity contribution in [3.05, 3.63) is 87.9 Å². The third-order valence-electron chi connectivity index (χ3n) is 4.69. The number of carbonyl (C=O) groups is 1. The molecule has 0 aliphatic carbocycles. The van der Waals surface area contributed by atoms with Gasteiger partial charge < -0.3 is 9.52 Å². The molecule has 1 amide bonds. The molecule has 3 aromatic carbocycles. The second-order valence-corrected chi connectivity index (χ2v) is 7.83. The summed E-state index contributed by atoms with van der Waals surface area (Å²) in [5.41, 5.74) is 2.94. The average Bonchev–Trinajstić information content (AvgIpc) is 3.14. The van der Waals surface area contributed by atoms with E-state index in [0.29, 0.717) is 32.8 Å². The summed E-state index contributed by atoms with van der Waals surface area (Å²) in [5, 5.41) is 13.6. The molecule has 5 nitrogen and oxygen atoms in total. The summed E-state index contributed by atoms with van der Waals surface area (Å²) in [4.78, 5) is 17.3. The first-order chi connectivity index (χ1) is 14.9. The largest absolute Gasteiger partial charge is 0.508 e. The number of rotatable bonds is 5. The third-order valence-corrected chi connectivity index (χ3v) is 5.32. The number of benzene rings is 3. The number of carbonyl (C=O) groups excluding carboxylic acids is 1. The second kappa shape index (κ2) is 8.84. The second-order valence-electron chi connectivity index (χ2n) is 7.02. The van der Waals surface area contributed by atoms with Gasteiger partial charge in [0.2, 0.25) is 17.7 Å². The van der Waals surface area contributed by atoms with E-state index in [9.17, 15) is 9.90 Å². The van der Waals surface area contributed by atoms with E-state index in [1.54, 1.807) is 30.3 Å². The summed E-state index contributed by atoms with van der Waals surface area (Å²) < 4.78 is 5.90. The van der Waals surface area contributed by atoms with Crippen molar-refractivity contribution in [1.29, 1.82) is 0 Å². The molecular weight excluding hydrogens is 435 g/mol. The van der Waals surface area contributed by atoms with Crippen molar-refractivity contribution in [2.24, 2.45) is 0 Å². The maximum Gasteiger partial charge on any atom is 0.231 e. The number of anilines is 1. The summed E-state index contributed by atoms with van der Waals surface area (Å²) in [7, 11) is 0. The summed E-state index contributed by atoms with van der Waals surface area (Å²) in [5.74, 6) is 0.136. The molecule has 0 spiro atoms. The van der Waals surface area contributed by atoms with Gasteiger partial charge in [0.1, 0.15) is 11.4 Å². The van der Waals surface area contributed by atoms with Crippen LogP contribution in [0, 0.1) is 6.92 Å². The maximum atomic E-state index is 12.7. The van der Waals surface area contributed by atoms with Crippen molar-refractivity contribution < 1.29 is 14.3 Å². The Morgan fingerprint density at radius 2 is 1.74 bits per heavy atom. The lowest BCUT2D eigenvalue weighted by Crippen LogP contribution is -2.14. The van der Waals surface area contributed by atoms with Gasteiger partial charge in [-0.2, -0.15) is 0 Å². The number of aryl methyl sites for hydroxylation is 1. The third kappa shape index (κ3) is 4.58. The standard InChI is InChI=1S/C24H18Cl2N2O3/c1-14-10-11-16(19(29)12-14)13-20(30)27-24-22(21-17(25)8-5-9-18(21)26)28-23(31-24)15-6-3-2-4-7-15/h2-12,29H,13H2,1H3,(H,27,30). The van der Waals surface area contributed by atoms with Crippen LogP contribution in [0.2, 0.25) is 10.0 Å². The molecule has 0 aliphatic rings. The van der Waals surface area contributed by atoms with Crippen LogP contribution < -0.4 is 5.32 Å². The first-order valence-corrected chi connectivity index (χ1v) is 10.3. The van der Waals surface area contributed by atoms with Gasteiger partial charge in [0.25, 0.3) is 0 Å². The minimum atomic E-state index is -0.376. The van der Waals surface area contributed by atoms with Crippen molar-refractivity contribution in [2.75, 3.05) is 5.32 Å². The average molecular weight is 453 g/mol. The molecule has 2 N–H and O–H groups in total. The lowest BCUT2D eigenvalue weighted by molar-refractivity contribution is -0.115. The number of aromatic nitrogens is 1. The summed E-state index contributed by atoms with van der Waals surface area (Å²) >= 11 is 12.8. The molecule has 0 radical (unpaired) electrons. The van der Waals surface area contributed by atoms with Crippen LogP contribution in [-0.4, -0.2) is 16.0 Å². The van der Waals surface area contributed by atoms with Crippen LogP contribution in [0.15, 0.2) is 71.1 Å². The van der Waals surface area contributed by atoms with E-state index in [0.717, 1.165) is 11.1 Å². The molecule has 0 atom stereocenters. The van der Waals surface area contributed by atoms with Gasteiger partial charge in [-0.25, -0.2) is 4.98 Å². The van der Waals surface area contributed by atoms with Crippen molar-refractivity contribution >= 4 is 35.0 Å². The molecule has 1 aromatic heterocycles. The van der Waals surface area contributed by atoms with E-state index in [1.807, 2.05) is 43.3 Å². The predicted octanol–water partition coefficient (Wildman–Crippen LogP) is 6.51. The van der Waals surface area contributed by atoms with Gasteiger partial charge in [-0.1, -0.05) is 59.6 Å². The Bertz CT molecular complexity index is 1230. The fourth-order valence-corrected chi connectivity index (χ4v) is 3.75. The summed E-state index contributed by atoms with van der Waals surface area (Å²) in [6.45, 7) is 1.86. The lowest BCUT2D eigenvalue weighted by atomic mass is 10.1. The van der Waals surface area contributed by atoms with Crippen molar-refractivity contribution in [1.82, 2.24) is 4.98 Å². The lowest BCUT2D eigenvalue weighted by Gasteiger charge is -2.08. The summed E-state index contributed by atoms with van der Waals surface area (Å²) in [6.07, 6.45) is -0.0385. The van der Waals surface area contributed by atoms with Gasteiger partial charge in [-0.15, -0.1) is 0 Å². The van der Waals surface area contributed by atoms with Crippen LogP contribution in [0.1, 0.15) is 11.1 Å². The molecule has 0 bridgehead atoms. The number of nitrogens with one attached hydrogen (secondary N) is 1. The highest BCUT2D eigenvalue weighted by molar-refractivity contribution is 6.39. The Balaban J connectivity index is 1.72. The van der Waals surface area contributed by atoms with E-state index in [1.165, 1.54) is 0 Å². The molecular formula is C24H18Cl2N2O3. The van der Waals surface area contributed by atoms with Crippen LogP contribution >= 0.6 is 23.2 Å². The van der Waals surface area contributed by atoms with Gasteiger partial charge >= 0.3 is 0 Å². The normalized spacial score (nSPS) is 10.8. The van der Waals surface area contributed by atoms with E-state index in [4.69, 9.17) is 27.6 Å². The Hall–Kier alpha value is -3.28. The first kappa shape index (κ1) is 21.0. The Morgan fingerprint density at radius 3 is 2.42 bits per heavy atom. The first-order valence-electron chi connectivity index (χ1n) is 9.51. The van der Waals surface area contributed by atoms with Gasteiger partial charge in [0.05, 0.1) is 16.5 Å². The molecule has 0 saturated heterocycles. The number of nitrogens with zero attached hydrogens (tertiary/aromatic N) is 1. The van der Waals surface area contributed by atoms with Crippen molar-refractivity contribution in [2.45, 2.75) is 13.3 Å². The highest BCUT2D eigenvalue weighted by atomic mass is 35.5. The Labute approximate surface area is 189 Å². The molecule has 0 fully saturated rings. The number of phenolic OH excluding ortho intramolecular Hbond substituents is 1. The van der Waals surface area contributed by atoms with E-state index < -0.39 is 0 Å². The zero-order valence-corrected chi connectivity index (χ0v) is 18.0. The topological polar surface area (TPSA) is 75.4 Å². The quantitative estimate of drug-likeness (QED) is 0.361. The molecule has 156 valence electrons.